The van der Waals surface area contributed by atoms with Crippen LogP contribution in [-0.2, 0) is 0 Å². The Balaban J connectivity index is 0.000000845. The van der Waals surface area contributed by atoms with Crippen molar-refractivity contribution in [1.29, 1.82) is 0 Å². The summed E-state index contributed by atoms with van der Waals surface area (Å²) in [7, 11) is 0. The quantitative estimate of drug-likeness (QED) is 0.763. The minimum Gasteiger partial charge on any atom is -0.322 e. The summed E-state index contributed by atoms with van der Waals surface area (Å²) < 4.78 is 2.93. The van der Waals surface area contributed by atoms with Crippen LogP contribution in [0.5, 0.6) is 0 Å². The molecular formula is C10H9BrClN. The second kappa shape index (κ2) is 4.49. The molecule has 0 atom stereocenters. The summed E-state index contributed by atoms with van der Waals surface area (Å²) in [5.41, 5.74) is 1.08. The van der Waals surface area contributed by atoms with E-state index in [-0.39, 0.29) is 12.4 Å². The van der Waals surface area contributed by atoms with Crippen molar-refractivity contribution in [1.82, 2.24) is 0 Å². The molecule has 0 fully saturated rings. The van der Waals surface area contributed by atoms with Crippen molar-refractivity contribution >= 4 is 45.0 Å². The largest absolute Gasteiger partial charge is 0.322 e. The molecule has 0 bridgehead atoms. The molecule has 0 aliphatic carbocycles. The summed E-state index contributed by atoms with van der Waals surface area (Å²) >= 11 is 3.19. The summed E-state index contributed by atoms with van der Waals surface area (Å²) in [6, 6.07) is 14.5. The standard InChI is InChI=1S/C10H8BrN.ClH/c11-12-10-6-5-8-3-1-2-4-9(8)7-10;/h1-7,12H;1H. The van der Waals surface area contributed by atoms with Gasteiger partial charge in [0.15, 0.2) is 0 Å². The van der Waals surface area contributed by atoms with Crippen LogP contribution in [0, 0.1) is 0 Å². The molecule has 68 valence electrons. The minimum atomic E-state index is 0. The van der Waals surface area contributed by atoms with E-state index in [1.807, 2.05) is 18.2 Å². The van der Waals surface area contributed by atoms with Crippen molar-refractivity contribution in [2.24, 2.45) is 0 Å². The Morgan fingerprint density at radius 1 is 0.923 bits per heavy atom. The molecule has 0 aliphatic rings. The van der Waals surface area contributed by atoms with Gasteiger partial charge < -0.3 is 4.34 Å². The van der Waals surface area contributed by atoms with E-state index in [0.717, 1.165) is 5.69 Å². The van der Waals surface area contributed by atoms with Gasteiger partial charge in [0.1, 0.15) is 0 Å². The molecule has 0 heterocycles. The molecule has 2 aromatic rings. The number of halogens is 2. The van der Waals surface area contributed by atoms with Gasteiger partial charge in [-0.2, -0.15) is 0 Å². The van der Waals surface area contributed by atoms with Crippen LogP contribution in [0.1, 0.15) is 0 Å². The van der Waals surface area contributed by atoms with Gasteiger partial charge in [-0.1, -0.05) is 30.3 Å². The maximum absolute atomic E-state index is 3.19. The van der Waals surface area contributed by atoms with E-state index in [9.17, 15) is 0 Å². The highest BCUT2D eigenvalue weighted by Crippen LogP contribution is 2.19. The molecule has 1 N–H and O–H groups in total. The fraction of sp³-hybridized carbons (Fsp3) is 0. The maximum atomic E-state index is 3.19. The van der Waals surface area contributed by atoms with E-state index in [2.05, 4.69) is 44.8 Å². The maximum Gasteiger partial charge on any atom is 0.0465 e. The van der Waals surface area contributed by atoms with Gasteiger partial charge in [-0.3, -0.25) is 0 Å². The van der Waals surface area contributed by atoms with Crippen molar-refractivity contribution < 1.29 is 0 Å². The summed E-state index contributed by atoms with van der Waals surface area (Å²) in [5.74, 6) is 0. The van der Waals surface area contributed by atoms with Gasteiger partial charge >= 0.3 is 0 Å². The average molecular weight is 259 g/mol. The van der Waals surface area contributed by atoms with Crippen LogP contribution >= 0.6 is 28.6 Å². The number of benzene rings is 2. The number of rotatable bonds is 1. The lowest BCUT2D eigenvalue weighted by Crippen LogP contribution is -1.78. The van der Waals surface area contributed by atoms with Crippen LogP contribution in [0.4, 0.5) is 5.69 Å². The summed E-state index contributed by atoms with van der Waals surface area (Å²) in [6.45, 7) is 0. The van der Waals surface area contributed by atoms with Crippen LogP contribution < -0.4 is 4.34 Å². The van der Waals surface area contributed by atoms with Crippen LogP contribution in [-0.4, -0.2) is 0 Å². The summed E-state index contributed by atoms with van der Waals surface area (Å²) in [6.07, 6.45) is 0. The molecule has 2 aromatic carbocycles. The number of hydrogen-bond donors (Lipinski definition) is 1. The van der Waals surface area contributed by atoms with E-state index < -0.39 is 0 Å². The van der Waals surface area contributed by atoms with Crippen molar-refractivity contribution in [3.05, 3.63) is 42.5 Å². The molecule has 3 heteroatoms. The lowest BCUT2D eigenvalue weighted by molar-refractivity contribution is 1.73. The Morgan fingerprint density at radius 3 is 2.31 bits per heavy atom. The van der Waals surface area contributed by atoms with E-state index in [4.69, 9.17) is 0 Å². The second-order valence-electron chi connectivity index (χ2n) is 2.66. The monoisotopic (exact) mass is 257 g/mol. The predicted octanol–water partition coefficient (Wildman–Crippen LogP) is 3.98. The first-order valence-electron chi connectivity index (χ1n) is 3.75. The molecular weight excluding hydrogens is 249 g/mol. The second-order valence-corrected chi connectivity index (χ2v) is 3.05. The number of nitrogens with one attached hydrogen (secondary N) is 1. The van der Waals surface area contributed by atoms with E-state index in [1.54, 1.807) is 0 Å². The van der Waals surface area contributed by atoms with E-state index in [1.165, 1.54) is 10.8 Å². The third-order valence-corrected chi connectivity index (χ3v) is 2.32. The minimum absolute atomic E-state index is 0. The first-order chi connectivity index (χ1) is 5.90. The van der Waals surface area contributed by atoms with E-state index >= 15 is 0 Å². The SMILES string of the molecule is BrNc1ccc2ccccc2c1.Cl. The summed E-state index contributed by atoms with van der Waals surface area (Å²) in [5, 5.41) is 2.52. The highest BCUT2D eigenvalue weighted by atomic mass is 79.9. The third-order valence-electron chi connectivity index (χ3n) is 1.86. The molecule has 0 amide bonds. The van der Waals surface area contributed by atoms with Crippen molar-refractivity contribution in [3.63, 3.8) is 0 Å². The third kappa shape index (κ3) is 2.14. The molecule has 0 aromatic heterocycles. The molecule has 0 saturated carbocycles. The number of fused-ring (bicyclic) bond motifs is 1. The van der Waals surface area contributed by atoms with Gasteiger partial charge in [-0.15, -0.1) is 12.4 Å². The fourth-order valence-corrected chi connectivity index (χ4v) is 1.49. The molecule has 0 spiro atoms. The van der Waals surface area contributed by atoms with Gasteiger partial charge in [-0.25, -0.2) is 0 Å². The zero-order valence-corrected chi connectivity index (χ0v) is 9.23. The highest BCUT2D eigenvalue weighted by molar-refractivity contribution is 9.10. The normalized spacial score (nSPS) is 9.31. The Labute approximate surface area is 91.9 Å². The van der Waals surface area contributed by atoms with Gasteiger partial charge in [0.05, 0.1) is 0 Å². The highest BCUT2D eigenvalue weighted by Gasteiger charge is 1.92. The van der Waals surface area contributed by atoms with Gasteiger partial charge in [0, 0.05) is 21.8 Å². The molecule has 1 nitrogen and oxygen atoms in total. The zero-order chi connectivity index (χ0) is 8.39. The smallest absolute Gasteiger partial charge is 0.0465 e. The molecule has 0 saturated heterocycles. The van der Waals surface area contributed by atoms with Gasteiger partial charge in [0.25, 0.3) is 0 Å². The van der Waals surface area contributed by atoms with E-state index in [0.29, 0.717) is 0 Å². The fourth-order valence-electron chi connectivity index (χ4n) is 1.25. The topological polar surface area (TPSA) is 12.0 Å². The number of hydrogen-bond acceptors (Lipinski definition) is 1. The van der Waals surface area contributed by atoms with Crippen molar-refractivity contribution in [2.75, 3.05) is 4.34 Å². The Bertz CT molecular complexity index is 403. The summed E-state index contributed by atoms with van der Waals surface area (Å²) in [4.78, 5) is 0. The first-order valence-corrected chi connectivity index (χ1v) is 4.55. The lowest BCUT2D eigenvalue weighted by atomic mass is 10.1. The van der Waals surface area contributed by atoms with Crippen LogP contribution in [0.2, 0.25) is 0 Å². The van der Waals surface area contributed by atoms with Crippen molar-refractivity contribution in [2.45, 2.75) is 0 Å². The lowest BCUT2D eigenvalue weighted by Gasteiger charge is -2.00. The Morgan fingerprint density at radius 2 is 1.62 bits per heavy atom. The van der Waals surface area contributed by atoms with Crippen LogP contribution in [0.15, 0.2) is 42.5 Å². The van der Waals surface area contributed by atoms with Gasteiger partial charge in [-0.05, 0) is 22.9 Å². The van der Waals surface area contributed by atoms with Crippen molar-refractivity contribution in [3.8, 4) is 0 Å². The Hall–Kier alpha value is -0.730. The molecule has 0 aliphatic heterocycles. The Kier molecular flexibility index (Phi) is 3.58. The first kappa shape index (κ1) is 10.4. The van der Waals surface area contributed by atoms with Crippen LogP contribution in [0.3, 0.4) is 0 Å². The molecule has 0 radical (unpaired) electrons. The average Bonchev–Trinajstić information content (AvgIpc) is 2.17. The van der Waals surface area contributed by atoms with Crippen LogP contribution in [0.25, 0.3) is 10.8 Å². The zero-order valence-electron chi connectivity index (χ0n) is 6.83. The molecule has 0 unspecified atom stereocenters. The molecule has 13 heavy (non-hydrogen) atoms. The molecule has 2 rings (SSSR count). The van der Waals surface area contributed by atoms with Gasteiger partial charge in [0.2, 0.25) is 0 Å². The predicted molar refractivity (Wildman–Crippen MR) is 63.7 cm³/mol. The number of anilines is 1.